The van der Waals surface area contributed by atoms with Gasteiger partial charge in [0.25, 0.3) is 0 Å². The van der Waals surface area contributed by atoms with Gasteiger partial charge in [0.1, 0.15) is 23.1 Å². The zero-order chi connectivity index (χ0) is 29.9. The van der Waals surface area contributed by atoms with Gasteiger partial charge >= 0.3 is 0 Å². The summed E-state index contributed by atoms with van der Waals surface area (Å²) in [4.78, 5) is 13.3. The van der Waals surface area contributed by atoms with Crippen molar-refractivity contribution in [1.29, 1.82) is 0 Å². The van der Waals surface area contributed by atoms with Gasteiger partial charge in [-0.15, -0.1) is 0 Å². The molecule has 5 rings (SSSR count). The zero-order valence-corrected chi connectivity index (χ0v) is 24.5. The minimum Gasteiger partial charge on any atom is -0.494 e. The molecule has 1 aromatic carbocycles. The molecule has 0 radical (unpaired) electrons. The number of nitrogens with one attached hydrogen (secondary N) is 1. The summed E-state index contributed by atoms with van der Waals surface area (Å²) in [6.45, 7) is 4.11. The molecule has 1 aliphatic carbocycles. The molecule has 0 saturated heterocycles. The van der Waals surface area contributed by atoms with Crippen LogP contribution in [0.3, 0.4) is 0 Å². The van der Waals surface area contributed by atoms with Gasteiger partial charge in [-0.25, -0.2) is 18.7 Å². The van der Waals surface area contributed by atoms with Crippen molar-refractivity contribution in [2.75, 3.05) is 24.8 Å². The minimum atomic E-state index is -2.49. The lowest BCUT2D eigenvalue weighted by molar-refractivity contribution is 0.330. The fraction of sp³-hybridized carbons (Fsp3) is 0.345. The summed E-state index contributed by atoms with van der Waals surface area (Å²) < 4.78 is 54.5. The molecule has 1 unspecified atom stereocenters. The Balaban J connectivity index is 1.49. The molecule has 3 heterocycles. The van der Waals surface area contributed by atoms with Crippen molar-refractivity contribution in [1.82, 2.24) is 24.7 Å². The van der Waals surface area contributed by atoms with E-state index in [9.17, 15) is 13.0 Å². The Morgan fingerprint density at radius 3 is 2.55 bits per heavy atom. The van der Waals surface area contributed by atoms with Crippen LogP contribution < -0.4 is 19.9 Å². The van der Waals surface area contributed by atoms with Gasteiger partial charge in [-0.2, -0.15) is 5.10 Å². The Kier molecular flexibility index (Phi) is 8.69. The highest BCUT2D eigenvalue weighted by atomic mass is 32.2. The third-order valence-corrected chi connectivity index (χ3v) is 7.57. The molecule has 3 aromatic heterocycles. The number of anilines is 2. The number of rotatable bonds is 12. The van der Waals surface area contributed by atoms with E-state index >= 15 is 0 Å². The summed E-state index contributed by atoms with van der Waals surface area (Å²) in [5.74, 6) is 0.0949. The number of halogens is 2. The van der Waals surface area contributed by atoms with Gasteiger partial charge in [-0.3, -0.25) is 19.0 Å². The molecule has 10 nitrogen and oxygen atoms in total. The van der Waals surface area contributed by atoms with Gasteiger partial charge in [0.2, 0.25) is 0 Å². The maximum atomic E-state index is 15.0. The van der Waals surface area contributed by atoms with E-state index in [2.05, 4.69) is 15.3 Å². The SMILES string of the molecule is CCOc1cc(F)c(Cn2nc(-c3ncc(OCCC=S(C)(N)=O)c(Nc4ccncc4)n3)c(C)c2C2CC2)c(F)c1. The first-order valence-electron chi connectivity index (χ1n) is 13.6. The molecule has 0 bridgehead atoms. The fourth-order valence-electron chi connectivity index (χ4n) is 4.60. The number of aromatic nitrogens is 5. The van der Waals surface area contributed by atoms with E-state index in [1.165, 1.54) is 23.8 Å². The molecular weight excluding hydrogens is 564 g/mol. The second-order valence-corrected chi connectivity index (χ2v) is 12.4. The van der Waals surface area contributed by atoms with Crippen LogP contribution in [-0.4, -0.2) is 53.8 Å². The van der Waals surface area contributed by atoms with E-state index in [-0.39, 0.29) is 30.4 Å². The topological polar surface area (TPSA) is 130 Å². The highest BCUT2D eigenvalue weighted by Gasteiger charge is 2.32. The van der Waals surface area contributed by atoms with Crippen LogP contribution in [-0.2, 0) is 16.3 Å². The lowest BCUT2D eigenvalue weighted by Crippen LogP contribution is -2.14. The molecule has 1 aliphatic rings. The van der Waals surface area contributed by atoms with Crippen LogP contribution >= 0.6 is 0 Å². The molecule has 3 N–H and O–H groups in total. The molecule has 13 heteroatoms. The molecule has 4 aromatic rings. The van der Waals surface area contributed by atoms with Crippen LogP contribution in [0.5, 0.6) is 11.5 Å². The average Bonchev–Trinajstić information content (AvgIpc) is 3.72. The summed E-state index contributed by atoms with van der Waals surface area (Å²) in [5.41, 5.74) is 2.90. The van der Waals surface area contributed by atoms with Crippen molar-refractivity contribution >= 4 is 26.6 Å². The standard InChI is InChI=1S/C29H33F2N7O3S/c1-4-40-21-14-23(30)22(24(31)15-21)17-38-27(19-6-7-19)18(2)26(37-38)29-34-16-25(41-12-5-13-42(3,32)39)28(36-29)35-20-8-10-33-11-9-20/h8-11,13-16,19H,4-7,12,17H2,1-3H3,(H2,32,39)(H,33,34,35,36). The predicted octanol–water partition coefficient (Wildman–Crippen LogP) is 4.75. The Morgan fingerprint density at radius 2 is 1.90 bits per heavy atom. The van der Waals surface area contributed by atoms with E-state index in [1.54, 1.807) is 42.3 Å². The van der Waals surface area contributed by atoms with Crippen LogP contribution in [0.2, 0.25) is 0 Å². The smallest absolute Gasteiger partial charge is 0.182 e. The molecule has 1 saturated carbocycles. The quantitative estimate of drug-likeness (QED) is 0.177. The average molecular weight is 598 g/mol. The predicted molar refractivity (Wildman–Crippen MR) is 159 cm³/mol. The summed E-state index contributed by atoms with van der Waals surface area (Å²) in [6.07, 6.45) is 8.59. The van der Waals surface area contributed by atoms with Crippen LogP contribution in [0.25, 0.3) is 11.5 Å². The largest absolute Gasteiger partial charge is 0.494 e. The number of nitrogens with zero attached hydrogens (tertiary/aromatic N) is 5. The number of nitrogens with two attached hydrogens (primary N) is 1. The first kappa shape index (κ1) is 29.4. The molecule has 1 fully saturated rings. The lowest BCUT2D eigenvalue weighted by atomic mass is 10.1. The summed E-state index contributed by atoms with van der Waals surface area (Å²) in [5, 5.41) is 15.1. The maximum Gasteiger partial charge on any atom is 0.182 e. The van der Waals surface area contributed by atoms with Crippen LogP contribution in [0.1, 0.15) is 48.9 Å². The fourth-order valence-corrected chi connectivity index (χ4v) is 5.17. The van der Waals surface area contributed by atoms with Gasteiger partial charge in [-0.05, 0) is 44.2 Å². The van der Waals surface area contributed by atoms with Gasteiger partial charge < -0.3 is 14.8 Å². The maximum absolute atomic E-state index is 15.0. The molecule has 0 spiro atoms. The molecule has 0 amide bonds. The van der Waals surface area contributed by atoms with Crippen LogP contribution in [0, 0.1) is 18.6 Å². The normalized spacial score (nSPS) is 14.3. The van der Waals surface area contributed by atoms with Gasteiger partial charge in [0, 0.05) is 75.3 Å². The van der Waals surface area contributed by atoms with E-state index < -0.39 is 21.3 Å². The van der Waals surface area contributed by atoms with E-state index in [0.29, 0.717) is 36.1 Å². The van der Waals surface area contributed by atoms with Gasteiger partial charge in [0.05, 0.1) is 26.0 Å². The first-order valence-corrected chi connectivity index (χ1v) is 15.7. The molecular formula is C29H33F2N7O3S. The Labute approximate surface area is 243 Å². The lowest BCUT2D eigenvalue weighted by Gasteiger charge is -2.13. The molecule has 0 aliphatic heterocycles. The number of hydrogen-bond donors (Lipinski definition) is 2. The van der Waals surface area contributed by atoms with Crippen molar-refractivity contribution in [2.24, 2.45) is 5.14 Å². The van der Waals surface area contributed by atoms with Crippen molar-refractivity contribution in [3.63, 3.8) is 0 Å². The number of hydrogen-bond acceptors (Lipinski definition) is 8. The first-order chi connectivity index (χ1) is 20.1. The monoisotopic (exact) mass is 597 g/mol. The van der Waals surface area contributed by atoms with E-state index in [0.717, 1.165) is 29.8 Å². The number of ether oxygens (including phenoxy) is 2. The second-order valence-electron chi connectivity index (χ2n) is 10.1. The number of pyridine rings is 1. The Bertz CT molecular complexity index is 1670. The van der Waals surface area contributed by atoms with Gasteiger partial charge in [-0.1, -0.05) is 0 Å². The van der Waals surface area contributed by atoms with E-state index in [4.69, 9.17) is 24.7 Å². The van der Waals surface area contributed by atoms with Crippen molar-refractivity contribution in [3.05, 3.63) is 71.3 Å². The van der Waals surface area contributed by atoms with Crippen LogP contribution in [0.15, 0.2) is 42.9 Å². The van der Waals surface area contributed by atoms with Crippen molar-refractivity contribution < 1.29 is 22.5 Å². The molecule has 1 atom stereocenters. The van der Waals surface area contributed by atoms with Crippen molar-refractivity contribution in [3.8, 4) is 23.0 Å². The summed E-state index contributed by atoms with van der Waals surface area (Å²) >= 11 is 0. The third kappa shape index (κ3) is 7.02. The Hall–Kier alpha value is -4.10. The Morgan fingerprint density at radius 1 is 1.19 bits per heavy atom. The summed E-state index contributed by atoms with van der Waals surface area (Å²) in [6, 6.07) is 5.95. The minimum absolute atomic E-state index is 0.0850. The molecule has 42 heavy (non-hydrogen) atoms. The summed E-state index contributed by atoms with van der Waals surface area (Å²) in [7, 11) is -2.49. The second kappa shape index (κ2) is 12.4. The van der Waals surface area contributed by atoms with Crippen LogP contribution in [0.4, 0.5) is 20.3 Å². The zero-order valence-electron chi connectivity index (χ0n) is 23.6. The van der Waals surface area contributed by atoms with Gasteiger partial charge in [0.15, 0.2) is 17.4 Å². The molecule has 222 valence electrons. The third-order valence-electron chi connectivity index (χ3n) is 6.67. The van der Waals surface area contributed by atoms with E-state index in [1.807, 2.05) is 6.92 Å². The highest BCUT2D eigenvalue weighted by molar-refractivity contribution is 7.98. The van der Waals surface area contributed by atoms with Crippen molar-refractivity contribution in [2.45, 2.75) is 45.6 Å². The highest BCUT2D eigenvalue weighted by Crippen LogP contribution is 2.44. The number of benzene rings is 1.